The maximum Gasteiger partial charge on any atom is 0.256 e. The van der Waals surface area contributed by atoms with Gasteiger partial charge in [0.15, 0.2) is 0 Å². The number of likely N-dealkylation sites (N-methyl/N-ethyl adjacent to an activating group) is 1. The van der Waals surface area contributed by atoms with E-state index in [1.807, 2.05) is 29.3 Å². The number of carbonyl (C=O) groups is 1. The molecule has 0 N–H and O–H groups in total. The number of nitrogens with zero attached hydrogens (tertiary/aromatic N) is 4. The highest BCUT2D eigenvalue weighted by molar-refractivity contribution is 5.95. The number of hydrogen-bond acceptors (Lipinski definition) is 4. The number of para-hydroxylation sites is 1. The number of rotatable bonds is 5. The number of amides is 1. The van der Waals surface area contributed by atoms with Crippen molar-refractivity contribution >= 4 is 17.8 Å². The summed E-state index contributed by atoms with van der Waals surface area (Å²) in [5.74, 6) is -0.660. The van der Waals surface area contributed by atoms with Crippen LogP contribution in [0.4, 0.5) is 10.1 Å². The van der Waals surface area contributed by atoms with Gasteiger partial charge in [0.05, 0.1) is 5.56 Å². The summed E-state index contributed by atoms with van der Waals surface area (Å²) in [5.41, 5.74) is 3.25. The zero-order valence-electron chi connectivity index (χ0n) is 17.7. The fourth-order valence-corrected chi connectivity index (χ4v) is 4.44. The average Bonchev–Trinajstić information content (AvgIpc) is 2.79. The van der Waals surface area contributed by atoms with Gasteiger partial charge in [0.2, 0.25) is 0 Å². The molecule has 0 radical (unpaired) electrons. The average molecular weight is 409 g/mol. The molecule has 0 aromatic heterocycles. The van der Waals surface area contributed by atoms with Gasteiger partial charge >= 0.3 is 0 Å². The van der Waals surface area contributed by atoms with Gasteiger partial charge in [0, 0.05) is 49.7 Å². The van der Waals surface area contributed by atoms with E-state index in [1.54, 1.807) is 12.1 Å². The fourth-order valence-electron chi connectivity index (χ4n) is 4.44. The molecular weight excluding hydrogens is 379 g/mol. The minimum atomic E-state index is -0.452. The SMILES string of the molecule is CC[C@@H]1CN(C(=O)c2cc(CN3CN=Cc4ccccc43)ccc2F)CCN1CC. The number of benzene rings is 2. The number of hydrogen-bond donors (Lipinski definition) is 0. The number of carbonyl (C=O) groups excluding carboxylic acids is 1. The summed E-state index contributed by atoms with van der Waals surface area (Å²) in [6, 6.07) is 13.3. The molecular formula is C24H29FN4O. The molecule has 0 saturated carbocycles. The van der Waals surface area contributed by atoms with Crippen LogP contribution >= 0.6 is 0 Å². The summed E-state index contributed by atoms with van der Waals surface area (Å²) in [4.78, 5) is 23.9. The van der Waals surface area contributed by atoms with Gasteiger partial charge in [-0.05, 0) is 36.7 Å². The predicted octanol–water partition coefficient (Wildman–Crippen LogP) is 3.78. The first kappa shape index (κ1) is 20.5. The van der Waals surface area contributed by atoms with Gasteiger partial charge in [0.25, 0.3) is 5.91 Å². The van der Waals surface area contributed by atoms with E-state index in [4.69, 9.17) is 0 Å². The van der Waals surface area contributed by atoms with E-state index in [-0.39, 0.29) is 11.5 Å². The van der Waals surface area contributed by atoms with Crippen molar-refractivity contribution in [3.8, 4) is 0 Å². The number of fused-ring (bicyclic) bond motifs is 1. The summed E-state index contributed by atoms with van der Waals surface area (Å²) in [5, 5.41) is 0. The second-order valence-electron chi connectivity index (χ2n) is 7.97. The molecule has 1 amide bonds. The number of aliphatic imine (C=N–C) groups is 1. The first-order chi connectivity index (χ1) is 14.6. The summed E-state index contributed by atoms with van der Waals surface area (Å²) in [6.45, 7) is 8.52. The standard InChI is InChI=1S/C24H29FN4O/c1-3-20-16-28(12-11-27(20)4-2)24(30)21-13-18(9-10-22(21)25)15-29-17-26-14-19-7-5-6-8-23(19)29/h5-10,13-14,20H,3-4,11-12,15-17H2,1-2H3/t20-/m1/s1. The van der Waals surface area contributed by atoms with E-state index in [1.165, 1.54) is 6.07 Å². The van der Waals surface area contributed by atoms with Gasteiger partial charge in [0.1, 0.15) is 12.5 Å². The molecule has 2 heterocycles. The quantitative estimate of drug-likeness (QED) is 0.756. The van der Waals surface area contributed by atoms with Gasteiger partial charge < -0.3 is 9.80 Å². The highest BCUT2D eigenvalue weighted by Gasteiger charge is 2.29. The van der Waals surface area contributed by atoms with Crippen molar-refractivity contribution in [2.45, 2.75) is 32.9 Å². The van der Waals surface area contributed by atoms with Gasteiger partial charge in [-0.15, -0.1) is 0 Å². The first-order valence-corrected chi connectivity index (χ1v) is 10.8. The molecule has 2 aromatic rings. The van der Waals surface area contributed by atoms with E-state index in [0.29, 0.717) is 32.3 Å². The Morgan fingerprint density at radius 1 is 1.17 bits per heavy atom. The zero-order chi connectivity index (χ0) is 21.1. The van der Waals surface area contributed by atoms with Crippen LogP contribution in [0.2, 0.25) is 0 Å². The van der Waals surface area contributed by atoms with Crippen LogP contribution in [0.5, 0.6) is 0 Å². The Kier molecular flexibility index (Phi) is 6.13. The lowest BCUT2D eigenvalue weighted by atomic mass is 10.0. The van der Waals surface area contributed by atoms with Crippen LogP contribution in [0.3, 0.4) is 0 Å². The monoisotopic (exact) mass is 408 g/mol. The van der Waals surface area contributed by atoms with Crippen LogP contribution in [0.15, 0.2) is 47.5 Å². The lowest BCUT2D eigenvalue weighted by Gasteiger charge is -2.40. The Bertz CT molecular complexity index is 945. The van der Waals surface area contributed by atoms with Crippen molar-refractivity contribution in [1.29, 1.82) is 0 Å². The third kappa shape index (κ3) is 4.10. The van der Waals surface area contributed by atoms with Crippen LogP contribution < -0.4 is 4.90 Å². The summed E-state index contributed by atoms with van der Waals surface area (Å²) in [6.07, 6.45) is 2.86. The molecule has 1 saturated heterocycles. The van der Waals surface area contributed by atoms with Gasteiger partial charge in [-0.1, -0.05) is 38.1 Å². The molecule has 2 aliphatic heterocycles. The normalized spacial score (nSPS) is 19.1. The van der Waals surface area contributed by atoms with Gasteiger partial charge in [-0.3, -0.25) is 14.7 Å². The number of piperazine rings is 1. The van der Waals surface area contributed by atoms with Gasteiger partial charge in [-0.25, -0.2) is 4.39 Å². The predicted molar refractivity (Wildman–Crippen MR) is 119 cm³/mol. The van der Waals surface area contributed by atoms with E-state index in [9.17, 15) is 9.18 Å². The van der Waals surface area contributed by atoms with Crippen molar-refractivity contribution in [2.24, 2.45) is 4.99 Å². The van der Waals surface area contributed by atoms with Crippen LogP contribution in [-0.2, 0) is 6.54 Å². The molecule has 2 aliphatic rings. The maximum absolute atomic E-state index is 14.6. The molecule has 6 heteroatoms. The number of halogens is 1. The lowest BCUT2D eigenvalue weighted by Crippen LogP contribution is -2.54. The highest BCUT2D eigenvalue weighted by atomic mass is 19.1. The molecule has 0 bridgehead atoms. The Hall–Kier alpha value is -2.73. The minimum Gasteiger partial charge on any atom is -0.347 e. The largest absolute Gasteiger partial charge is 0.347 e. The van der Waals surface area contributed by atoms with Crippen molar-refractivity contribution in [3.05, 3.63) is 65.0 Å². The smallest absolute Gasteiger partial charge is 0.256 e. The molecule has 158 valence electrons. The van der Waals surface area contributed by atoms with E-state index >= 15 is 0 Å². The topological polar surface area (TPSA) is 39.2 Å². The zero-order valence-corrected chi connectivity index (χ0v) is 17.7. The van der Waals surface area contributed by atoms with E-state index in [0.717, 1.165) is 36.3 Å². The molecule has 5 nitrogen and oxygen atoms in total. The Labute approximate surface area is 177 Å². The second-order valence-corrected chi connectivity index (χ2v) is 7.97. The van der Waals surface area contributed by atoms with Crippen LogP contribution in [0.1, 0.15) is 41.8 Å². The molecule has 0 unspecified atom stereocenters. The summed E-state index contributed by atoms with van der Waals surface area (Å²) in [7, 11) is 0. The minimum absolute atomic E-state index is 0.168. The summed E-state index contributed by atoms with van der Waals surface area (Å²) >= 11 is 0. The molecule has 30 heavy (non-hydrogen) atoms. The fraction of sp³-hybridized carbons (Fsp3) is 0.417. The van der Waals surface area contributed by atoms with Crippen LogP contribution in [0, 0.1) is 5.82 Å². The van der Waals surface area contributed by atoms with Crippen LogP contribution in [-0.4, -0.2) is 60.8 Å². The van der Waals surface area contributed by atoms with Crippen molar-refractivity contribution < 1.29 is 9.18 Å². The molecule has 1 atom stereocenters. The lowest BCUT2D eigenvalue weighted by molar-refractivity contribution is 0.0485. The van der Waals surface area contributed by atoms with Gasteiger partial charge in [-0.2, -0.15) is 0 Å². The summed E-state index contributed by atoms with van der Waals surface area (Å²) < 4.78 is 14.6. The third-order valence-corrected chi connectivity index (χ3v) is 6.16. The molecule has 4 rings (SSSR count). The van der Waals surface area contributed by atoms with Crippen molar-refractivity contribution in [2.75, 3.05) is 37.7 Å². The third-order valence-electron chi connectivity index (χ3n) is 6.16. The Morgan fingerprint density at radius 2 is 2.00 bits per heavy atom. The van der Waals surface area contributed by atoms with Crippen molar-refractivity contribution in [1.82, 2.24) is 9.80 Å². The highest BCUT2D eigenvalue weighted by Crippen LogP contribution is 2.25. The molecule has 2 aromatic carbocycles. The molecule has 0 spiro atoms. The van der Waals surface area contributed by atoms with E-state index in [2.05, 4.69) is 34.7 Å². The first-order valence-electron chi connectivity index (χ1n) is 10.8. The molecule has 1 fully saturated rings. The molecule has 0 aliphatic carbocycles. The Balaban J connectivity index is 1.52. The van der Waals surface area contributed by atoms with E-state index < -0.39 is 5.82 Å². The second kappa shape index (κ2) is 8.96. The van der Waals surface area contributed by atoms with Crippen LogP contribution in [0.25, 0.3) is 0 Å². The number of anilines is 1. The van der Waals surface area contributed by atoms with Crippen molar-refractivity contribution in [3.63, 3.8) is 0 Å². The maximum atomic E-state index is 14.6. The Morgan fingerprint density at radius 3 is 2.80 bits per heavy atom.